The summed E-state index contributed by atoms with van der Waals surface area (Å²) in [5.74, 6) is -2.41. The monoisotopic (exact) mass is 812 g/mol. The van der Waals surface area contributed by atoms with Crippen LogP contribution < -0.4 is 5.73 Å². The lowest BCUT2D eigenvalue weighted by Crippen LogP contribution is -2.34. The first kappa shape index (κ1) is 53.4. The first-order valence-electron chi connectivity index (χ1n) is 21.7. The molecule has 0 saturated carbocycles. The van der Waals surface area contributed by atoms with E-state index in [1.54, 1.807) is 0 Å². The van der Waals surface area contributed by atoms with E-state index in [2.05, 4.69) is 67.0 Å². The number of esters is 2. The van der Waals surface area contributed by atoms with Crippen LogP contribution in [0, 0.1) is 0 Å². The number of unbranched alkanes of at least 4 members (excludes halogenated alkanes) is 18. The topological polar surface area (TPSA) is 172 Å². The summed E-state index contributed by atoms with van der Waals surface area (Å²) in [7, 11) is -4.72. The number of rotatable bonds is 40. The number of carbonyl (C=O) groups is 3. The maximum absolute atomic E-state index is 12.6. The Morgan fingerprint density at radius 1 is 0.554 bits per heavy atom. The van der Waals surface area contributed by atoms with Gasteiger partial charge < -0.3 is 25.2 Å². The summed E-state index contributed by atoms with van der Waals surface area (Å²) < 4.78 is 32.7. The van der Waals surface area contributed by atoms with E-state index in [4.69, 9.17) is 24.8 Å². The second kappa shape index (κ2) is 39.3. The molecule has 0 bridgehead atoms. The molecule has 0 aromatic carbocycles. The second-order valence-electron chi connectivity index (χ2n) is 14.5. The van der Waals surface area contributed by atoms with Gasteiger partial charge >= 0.3 is 25.7 Å². The Kier molecular flexibility index (Phi) is 37.5. The number of phosphoric acid groups is 1. The van der Waals surface area contributed by atoms with E-state index in [1.165, 1.54) is 70.6 Å². The van der Waals surface area contributed by atoms with Gasteiger partial charge in [0.2, 0.25) is 0 Å². The fraction of sp³-hybridized carbons (Fsp3) is 0.750. The molecule has 11 nitrogen and oxygen atoms in total. The Hall–Kier alpha value is -2.56. The van der Waals surface area contributed by atoms with Gasteiger partial charge in [0.15, 0.2) is 6.10 Å². The number of aliphatic carboxylic acids is 1. The van der Waals surface area contributed by atoms with Crippen molar-refractivity contribution in [2.45, 2.75) is 193 Å². The molecule has 0 aromatic rings. The Morgan fingerprint density at radius 3 is 1.46 bits per heavy atom. The molecule has 0 fully saturated rings. The quantitative estimate of drug-likeness (QED) is 0.0233. The zero-order valence-electron chi connectivity index (χ0n) is 35.0. The SMILES string of the molecule is CCCCC/C=C\C/C=C\C/C=C\CCCCCCC(=O)O[C@H](COC(=O)CCCCCCCCC/C=C\CCCCCC)COP(=O)(O)OC[C@H](N)C(=O)O. The molecular weight excluding hydrogens is 733 g/mol. The minimum Gasteiger partial charge on any atom is -0.480 e. The van der Waals surface area contributed by atoms with Crippen molar-refractivity contribution in [3.8, 4) is 0 Å². The molecule has 0 aliphatic rings. The van der Waals surface area contributed by atoms with Gasteiger partial charge in [-0.25, -0.2) is 4.57 Å². The number of hydrogen-bond acceptors (Lipinski definition) is 9. The Morgan fingerprint density at radius 2 is 0.946 bits per heavy atom. The normalized spacial score (nSPS) is 14.2. The van der Waals surface area contributed by atoms with Gasteiger partial charge in [0.1, 0.15) is 12.6 Å². The third-order valence-corrected chi connectivity index (χ3v) is 10.0. The van der Waals surface area contributed by atoms with Gasteiger partial charge in [-0.3, -0.25) is 23.4 Å². The highest BCUT2D eigenvalue weighted by Gasteiger charge is 2.28. The van der Waals surface area contributed by atoms with Crippen LogP contribution in [0.3, 0.4) is 0 Å². The lowest BCUT2D eigenvalue weighted by Gasteiger charge is -2.20. The minimum atomic E-state index is -4.72. The van der Waals surface area contributed by atoms with Gasteiger partial charge in [-0.2, -0.15) is 0 Å². The van der Waals surface area contributed by atoms with Gasteiger partial charge in [-0.15, -0.1) is 0 Å². The predicted octanol–water partition coefficient (Wildman–Crippen LogP) is 11.4. The van der Waals surface area contributed by atoms with Crippen LogP contribution in [0.5, 0.6) is 0 Å². The number of carboxylic acid groups (broad SMARTS) is 1. The molecule has 0 radical (unpaired) electrons. The molecule has 0 rings (SSSR count). The van der Waals surface area contributed by atoms with Crippen molar-refractivity contribution in [3.05, 3.63) is 48.6 Å². The van der Waals surface area contributed by atoms with Gasteiger partial charge in [0.05, 0.1) is 13.2 Å². The molecule has 12 heteroatoms. The second-order valence-corrected chi connectivity index (χ2v) is 15.9. The van der Waals surface area contributed by atoms with Crippen molar-refractivity contribution >= 4 is 25.7 Å². The molecule has 56 heavy (non-hydrogen) atoms. The van der Waals surface area contributed by atoms with Gasteiger partial charge in [-0.1, -0.05) is 140 Å². The van der Waals surface area contributed by atoms with Gasteiger partial charge in [0.25, 0.3) is 0 Å². The van der Waals surface area contributed by atoms with Crippen LogP contribution in [0.25, 0.3) is 0 Å². The summed E-state index contributed by atoms with van der Waals surface area (Å²) in [4.78, 5) is 45.9. The number of carboxylic acids is 1. The first-order valence-corrected chi connectivity index (χ1v) is 23.2. The van der Waals surface area contributed by atoms with Crippen molar-refractivity contribution in [3.63, 3.8) is 0 Å². The molecular formula is C44H78NO10P. The van der Waals surface area contributed by atoms with Crippen molar-refractivity contribution in [2.75, 3.05) is 19.8 Å². The highest BCUT2D eigenvalue weighted by molar-refractivity contribution is 7.47. The van der Waals surface area contributed by atoms with Crippen LogP contribution >= 0.6 is 7.82 Å². The van der Waals surface area contributed by atoms with Crippen LogP contribution in [0.15, 0.2) is 48.6 Å². The predicted molar refractivity (Wildman–Crippen MR) is 226 cm³/mol. The third-order valence-electron chi connectivity index (χ3n) is 9.05. The summed E-state index contributed by atoms with van der Waals surface area (Å²) in [6.45, 7) is 2.73. The lowest BCUT2D eigenvalue weighted by molar-refractivity contribution is -0.161. The van der Waals surface area contributed by atoms with Crippen molar-refractivity contribution in [1.82, 2.24) is 0 Å². The summed E-state index contributed by atoms with van der Waals surface area (Å²) >= 11 is 0. The lowest BCUT2D eigenvalue weighted by atomic mass is 10.1. The van der Waals surface area contributed by atoms with E-state index < -0.39 is 51.1 Å². The standard InChI is InChI=1S/C44H78NO10P/c1-3-5-7-9-11-13-15-17-19-20-22-24-26-28-30-32-34-36-43(47)55-40(38-53-56(50,51)54-39-41(45)44(48)49)37-52-42(46)35-33-31-29-27-25-23-21-18-16-14-12-10-8-6-4-2/h11,13-14,16-17,19,22,24,40-41H,3-10,12,15,18,20-21,23,25-39,45H2,1-2H3,(H,48,49)(H,50,51)/b13-11-,16-14-,19-17-,24-22-/t40-,41+/m1/s1. The van der Waals surface area contributed by atoms with E-state index in [0.717, 1.165) is 70.6 Å². The zero-order chi connectivity index (χ0) is 41.4. The molecule has 0 aliphatic heterocycles. The molecule has 1 unspecified atom stereocenters. The fourth-order valence-electron chi connectivity index (χ4n) is 5.59. The van der Waals surface area contributed by atoms with E-state index in [9.17, 15) is 23.8 Å². The van der Waals surface area contributed by atoms with Crippen LogP contribution in [0.2, 0.25) is 0 Å². The van der Waals surface area contributed by atoms with Crippen LogP contribution in [-0.2, 0) is 37.5 Å². The molecule has 0 spiro atoms. The number of nitrogens with two attached hydrogens (primary N) is 1. The largest absolute Gasteiger partial charge is 0.480 e. The van der Waals surface area contributed by atoms with E-state index in [-0.39, 0.29) is 19.4 Å². The number of hydrogen-bond donors (Lipinski definition) is 3. The number of phosphoric ester groups is 1. The molecule has 0 aromatic heterocycles. The smallest absolute Gasteiger partial charge is 0.472 e. The number of ether oxygens (including phenoxy) is 2. The van der Waals surface area contributed by atoms with Crippen molar-refractivity contribution in [2.24, 2.45) is 5.73 Å². The highest BCUT2D eigenvalue weighted by Crippen LogP contribution is 2.43. The maximum Gasteiger partial charge on any atom is 0.472 e. The Balaban J connectivity index is 4.43. The fourth-order valence-corrected chi connectivity index (χ4v) is 6.37. The summed E-state index contributed by atoms with van der Waals surface area (Å²) in [5.41, 5.74) is 5.33. The van der Waals surface area contributed by atoms with E-state index >= 15 is 0 Å². The number of carbonyl (C=O) groups excluding carboxylic acids is 2. The molecule has 0 aliphatic carbocycles. The summed E-state index contributed by atoms with van der Waals surface area (Å²) in [6.07, 6.45) is 43.1. The van der Waals surface area contributed by atoms with Crippen LogP contribution in [-0.4, -0.2) is 59.9 Å². The highest BCUT2D eigenvalue weighted by atomic mass is 31.2. The van der Waals surface area contributed by atoms with Crippen molar-refractivity contribution in [1.29, 1.82) is 0 Å². The van der Waals surface area contributed by atoms with Gasteiger partial charge in [-0.05, 0) is 77.0 Å². The average molecular weight is 812 g/mol. The Labute approximate surface area is 339 Å². The summed E-state index contributed by atoms with van der Waals surface area (Å²) in [5, 5.41) is 8.88. The minimum absolute atomic E-state index is 0.134. The molecule has 3 atom stereocenters. The molecule has 0 amide bonds. The van der Waals surface area contributed by atoms with E-state index in [1.807, 2.05) is 0 Å². The van der Waals surface area contributed by atoms with Crippen molar-refractivity contribution < 1.29 is 47.5 Å². The maximum atomic E-state index is 12.6. The average Bonchev–Trinajstić information content (AvgIpc) is 3.17. The number of allylic oxidation sites excluding steroid dienone is 8. The van der Waals surface area contributed by atoms with Crippen LogP contribution in [0.1, 0.15) is 181 Å². The van der Waals surface area contributed by atoms with Crippen LogP contribution in [0.4, 0.5) is 0 Å². The molecule has 0 saturated heterocycles. The zero-order valence-corrected chi connectivity index (χ0v) is 35.9. The third kappa shape index (κ3) is 38.3. The summed E-state index contributed by atoms with van der Waals surface area (Å²) in [6, 6.07) is -1.53. The Bertz CT molecular complexity index is 1140. The molecule has 4 N–H and O–H groups in total. The molecule has 324 valence electrons. The first-order chi connectivity index (χ1) is 27.1. The van der Waals surface area contributed by atoms with E-state index in [0.29, 0.717) is 12.8 Å². The van der Waals surface area contributed by atoms with Gasteiger partial charge in [0, 0.05) is 12.8 Å². The molecule has 0 heterocycles.